The van der Waals surface area contributed by atoms with Gasteiger partial charge in [-0.3, -0.25) is 9.59 Å². The Morgan fingerprint density at radius 3 is 2.80 bits per heavy atom. The first-order valence-corrected chi connectivity index (χ1v) is 6.29. The van der Waals surface area contributed by atoms with Gasteiger partial charge in [-0.25, -0.2) is 4.90 Å². The minimum Gasteiger partial charge on any atom is -0.454 e. The molecular formula is C15H13NO4. The molecule has 2 aliphatic heterocycles. The van der Waals surface area contributed by atoms with Gasteiger partial charge in [-0.15, -0.1) is 0 Å². The van der Waals surface area contributed by atoms with Crippen LogP contribution in [0.5, 0.6) is 11.5 Å². The standard InChI is InChI=1S/C15H13NO4/c1-2-3-4-10-7-14(17)16(15(10)18)11-5-6-12-13(8-11)20-9-19-12/h2-6,8H,7,9H2,1H3. The van der Waals surface area contributed by atoms with Crippen molar-refractivity contribution in [1.82, 2.24) is 0 Å². The summed E-state index contributed by atoms with van der Waals surface area (Å²) in [5.74, 6) is 0.656. The van der Waals surface area contributed by atoms with E-state index in [4.69, 9.17) is 9.47 Å². The van der Waals surface area contributed by atoms with Gasteiger partial charge in [-0.1, -0.05) is 18.2 Å². The molecule has 0 aliphatic carbocycles. The van der Waals surface area contributed by atoms with Crippen molar-refractivity contribution in [2.45, 2.75) is 13.3 Å². The number of allylic oxidation sites excluding steroid dienone is 3. The van der Waals surface area contributed by atoms with E-state index in [1.807, 2.05) is 13.0 Å². The maximum atomic E-state index is 12.3. The van der Waals surface area contributed by atoms with E-state index in [0.29, 0.717) is 22.8 Å². The molecule has 2 amide bonds. The molecule has 0 bridgehead atoms. The van der Waals surface area contributed by atoms with Crippen LogP contribution in [0.3, 0.4) is 0 Å². The number of amides is 2. The maximum Gasteiger partial charge on any atom is 0.261 e. The molecule has 0 N–H and O–H groups in total. The SMILES string of the molecule is CC=CC=C1CC(=O)N(c2ccc3c(c2)OCO3)C1=O. The lowest BCUT2D eigenvalue weighted by atomic mass is 10.2. The zero-order valence-corrected chi connectivity index (χ0v) is 11.0. The first-order valence-electron chi connectivity index (χ1n) is 6.29. The van der Waals surface area contributed by atoms with Gasteiger partial charge in [0.1, 0.15) is 0 Å². The lowest BCUT2D eigenvalue weighted by Gasteiger charge is -2.13. The second kappa shape index (κ2) is 4.85. The summed E-state index contributed by atoms with van der Waals surface area (Å²) in [6, 6.07) is 5.03. The minimum atomic E-state index is -0.285. The van der Waals surface area contributed by atoms with Crippen molar-refractivity contribution in [3.8, 4) is 11.5 Å². The molecule has 1 aromatic carbocycles. The number of fused-ring (bicyclic) bond motifs is 1. The number of imide groups is 1. The van der Waals surface area contributed by atoms with Crippen molar-refractivity contribution in [2.24, 2.45) is 0 Å². The number of hydrogen-bond acceptors (Lipinski definition) is 4. The van der Waals surface area contributed by atoms with Crippen LogP contribution < -0.4 is 14.4 Å². The summed E-state index contributed by atoms with van der Waals surface area (Å²) in [5, 5.41) is 0. The van der Waals surface area contributed by atoms with E-state index in [-0.39, 0.29) is 25.0 Å². The Kier molecular flexibility index (Phi) is 3.02. The normalized spacial score (nSPS) is 19.6. The lowest BCUT2D eigenvalue weighted by Crippen LogP contribution is -2.28. The third-order valence-electron chi connectivity index (χ3n) is 3.17. The van der Waals surface area contributed by atoms with Crippen LogP contribution in [0.15, 0.2) is 42.0 Å². The minimum absolute atomic E-state index is 0.123. The van der Waals surface area contributed by atoms with Gasteiger partial charge in [0.25, 0.3) is 5.91 Å². The fraction of sp³-hybridized carbons (Fsp3) is 0.200. The summed E-state index contributed by atoms with van der Waals surface area (Å²) in [6.07, 6.45) is 5.36. The molecule has 1 aromatic rings. The van der Waals surface area contributed by atoms with Crippen LogP contribution in [0.1, 0.15) is 13.3 Å². The summed E-state index contributed by atoms with van der Waals surface area (Å²) in [7, 11) is 0. The van der Waals surface area contributed by atoms with E-state index in [9.17, 15) is 9.59 Å². The summed E-state index contributed by atoms with van der Waals surface area (Å²) in [6.45, 7) is 2.01. The van der Waals surface area contributed by atoms with Crippen LogP contribution in [-0.2, 0) is 9.59 Å². The number of carbonyl (C=O) groups excluding carboxylic acids is 2. The Morgan fingerprint density at radius 1 is 1.20 bits per heavy atom. The van der Waals surface area contributed by atoms with Crippen LogP contribution >= 0.6 is 0 Å². The fourth-order valence-electron chi connectivity index (χ4n) is 2.20. The molecule has 5 heteroatoms. The summed E-state index contributed by atoms with van der Waals surface area (Å²) in [5.41, 5.74) is 0.999. The quantitative estimate of drug-likeness (QED) is 0.611. The van der Waals surface area contributed by atoms with Crippen LogP contribution in [0.25, 0.3) is 0 Å². The molecule has 3 rings (SSSR count). The maximum absolute atomic E-state index is 12.3. The van der Waals surface area contributed by atoms with Gasteiger partial charge in [0.2, 0.25) is 12.7 Å². The highest BCUT2D eigenvalue weighted by Gasteiger charge is 2.35. The summed E-state index contributed by atoms with van der Waals surface area (Å²) < 4.78 is 10.5. The zero-order valence-electron chi connectivity index (χ0n) is 11.0. The second-order valence-electron chi connectivity index (χ2n) is 4.47. The van der Waals surface area contributed by atoms with Crippen LogP contribution in [0.2, 0.25) is 0 Å². The number of nitrogens with zero attached hydrogens (tertiary/aromatic N) is 1. The van der Waals surface area contributed by atoms with Gasteiger partial charge in [0.05, 0.1) is 12.1 Å². The van der Waals surface area contributed by atoms with Crippen LogP contribution in [-0.4, -0.2) is 18.6 Å². The summed E-state index contributed by atoms with van der Waals surface area (Å²) >= 11 is 0. The van der Waals surface area contributed by atoms with E-state index in [1.54, 1.807) is 30.4 Å². The molecule has 0 aromatic heterocycles. The van der Waals surface area contributed by atoms with E-state index < -0.39 is 0 Å². The van der Waals surface area contributed by atoms with Gasteiger partial charge >= 0.3 is 0 Å². The molecule has 0 unspecified atom stereocenters. The zero-order chi connectivity index (χ0) is 14.1. The molecule has 1 fully saturated rings. The molecule has 5 nitrogen and oxygen atoms in total. The van der Waals surface area contributed by atoms with Crippen molar-refractivity contribution in [3.63, 3.8) is 0 Å². The van der Waals surface area contributed by atoms with E-state index in [2.05, 4.69) is 0 Å². The molecule has 2 heterocycles. The first kappa shape index (κ1) is 12.5. The Labute approximate surface area is 116 Å². The second-order valence-corrected chi connectivity index (χ2v) is 4.47. The van der Waals surface area contributed by atoms with E-state index in [1.165, 1.54) is 4.90 Å². The Balaban J connectivity index is 1.94. The largest absolute Gasteiger partial charge is 0.454 e. The van der Waals surface area contributed by atoms with Gasteiger partial charge in [0, 0.05) is 11.6 Å². The van der Waals surface area contributed by atoms with Gasteiger partial charge in [0.15, 0.2) is 11.5 Å². The predicted molar refractivity (Wildman–Crippen MR) is 72.6 cm³/mol. The van der Waals surface area contributed by atoms with Crippen molar-refractivity contribution >= 4 is 17.5 Å². The molecule has 0 radical (unpaired) electrons. The highest BCUT2D eigenvalue weighted by atomic mass is 16.7. The number of ether oxygens (including phenoxy) is 2. The van der Waals surface area contributed by atoms with E-state index >= 15 is 0 Å². The van der Waals surface area contributed by atoms with Gasteiger partial charge < -0.3 is 9.47 Å². The monoisotopic (exact) mass is 271 g/mol. The van der Waals surface area contributed by atoms with Crippen molar-refractivity contribution in [2.75, 3.05) is 11.7 Å². The first-order chi connectivity index (χ1) is 9.70. The van der Waals surface area contributed by atoms with Crippen molar-refractivity contribution in [3.05, 3.63) is 42.0 Å². The van der Waals surface area contributed by atoms with E-state index in [0.717, 1.165) is 0 Å². The molecule has 2 aliphatic rings. The molecular weight excluding hydrogens is 258 g/mol. The molecule has 0 spiro atoms. The molecule has 20 heavy (non-hydrogen) atoms. The predicted octanol–water partition coefficient (Wildman–Crippen LogP) is 2.18. The highest BCUT2D eigenvalue weighted by Crippen LogP contribution is 2.37. The molecule has 0 atom stereocenters. The number of rotatable bonds is 2. The van der Waals surface area contributed by atoms with Crippen LogP contribution in [0, 0.1) is 0 Å². The number of carbonyl (C=O) groups is 2. The summed E-state index contributed by atoms with van der Waals surface area (Å²) in [4.78, 5) is 25.5. The van der Waals surface area contributed by atoms with Crippen molar-refractivity contribution < 1.29 is 19.1 Å². The fourth-order valence-corrected chi connectivity index (χ4v) is 2.20. The smallest absolute Gasteiger partial charge is 0.261 e. The van der Waals surface area contributed by atoms with Crippen molar-refractivity contribution in [1.29, 1.82) is 0 Å². The van der Waals surface area contributed by atoms with Crippen LogP contribution in [0.4, 0.5) is 5.69 Å². The Bertz CT molecular complexity index is 645. The molecule has 102 valence electrons. The third-order valence-corrected chi connectivity index (χ3v) is 3.17. The molecule has 0 saturated carbocycles. The van der Waals surface area contributed by atoms with Gasteiger partial charge in [-0.2, -0.15) is 0 Å². The molecule has 1 saturated heterocycles. The number of anilines is 1. The Morgan fingerprint density at radius 2 is 2.00 bits per heavy atom. The number of benzene rings is 1. The highest BCUT2D eigenvalue weighted by molar-refractivity contribution is 6.28. The number of hydrogen-bond donors (Lipinski definition) is 0. The average molecular weight is 271 g/mol. The topological polar surface area (TPSA) is 55.8 Å². The third kappa shape index (κ3) is 1.97. The Hall–Kier alpha value is -2.56. The lowest BCUT2D eigenvalue weighted by molar-refractivity contribution is -0.120. The van der Waals surface area contributed by atoms with Gasteiger partial charge in [-0.05, 0) is 19.1 Å². The average Bonchev–Trinajstić information content (AvgIpc) is 3.00.